The second kappa shape index (κ2) is 6.25. The molecule has 0 bridgehead atoms. The number of benzene rings is 1. The first kappa shape index (κ1) is 14.8. The molecule has 1 aromatic rings. The number of esters is 1. The largest absolute Gasteiger partial charge is 0.482 e. The number of hydrogen-bond donors (Lipinski definition) is 1. The van der Waals surface area contributed by atoms with Crippen molar-refractivity contribution >= 4 is 23.5 Å². The summed E-state index contributed by atoms with van der Waals surface area (Å²) in [5.41, 5.74) is 0.482. The molecule has 1 aliphatic rings. The fourth-order valence-electron chi connectivity index (χ4n) is 2.04. The van der Waals surface area contributed by atoms with Crippen LogP contribution in [0, 0.1) is 0 Å². The van der Waals surface area contributed by atoms with Crippen molar-refractivity contribution in [2.45, 2.75) is 19.8 Å². The van der Waals surface area contributed by atoms with Crippen LogP contribution in [0.5, 0.6) is 11.5 Å². The van der Waals surface area contributed by atoms with Gasteiger partial charge in [-0.2, -0.15) is 0 Å². The molecule has 1 N–H and O–H groups in total. The van der Waals surface area contributed by atoms with Gasteiger partial charge in [-0.1, -0.05) is 0 Å². The van der Waals surface area contributed by atoms with Crippen molar-refractivity contribution in [1.82, 2.24) is 0 Å². The highest BCUT2D eigenvalue weighted by atomic mass is 16.5. The number of hydrogen-bond acceptors (Lipinski definition) is 5. The first-order chi connectivity index (χ1) is 9.97. The third-order valence-electron chi connectivity index (χ3n) is 2.91. The van der Waals surface area contributed by atoms with Crippen LogP contribution in [0.15, 0.2) is 18.2 Å². The minimum atomic E-state index is -0.912. The van der Waals surface area contributed by atoms with Crippen LogP contribution in [0.25, 0.3) is 0 Å². The summed E-state index contributed by atoms with van der Waals surface area (Å²) in [6.07, 6.45) is 0.307. The van der Waals surface area contributed by atoms with E-state index in [1.54, 1.807) is 12.1 Å². The van der Waals surface area contributed by atoms with Gasteiger partial charge >= 0.3 is 11.9 Å². The zero-order chi connectivity index (χ0) is 15.4. The Morgan fingerprint density at radius 2 is 2.19 bits per heavy atom. The Balaban J connectivity index is 2.20. The van der Waals surface area contributed by atoms with Gasteiger partial charge in [0.15, 0.2) is 6.61 Å². The first-order valence-electron chi connectivity index (χ1n) is 6.45. The summed E-state index contributed by atoms with van der Waals surface area (Å²) in [5.74, 6) is -0.823. The lowest BCUT2D eigenvalue weighted by Gasteiger charge is -2.29. The molecule has 0 radical (unpaired) electrons. The standard InChI is InChI=1S/C14H15NO6/c1-9(16)21-10-4-5-12-11(7-10)15(13(17)8-20-12)6-2-3-14(18)19/h4-5,7H,2-3,6,8H2,1H3,(H,18,19). The molecule has 0 atom stereocenters. The number of carbonyl (C=O) groups excluding carboxylic acids is 2. The van der Waals surface area contributed by atoms with Gasteiger partial charge in [0, 0.05) is 26.0 Å². The predicted molar refractivity (Wildman–Crippen MR) is 72.5 cm³/mol. The number of rotatable bonds is 5. The third kappa shape index (κ3) is 3.71. The van der Waals surface area contributed by atoms with Crippen molar-refractivity contribution in [3.05, 3.63) is 18.2 Å². The number of aliphatic carboxylic acids is 1. The van der Waals surface area contributed by atoms with E-state index >= 15 is 0 Å². The molecule has 2 rings (SSSR count). The summed E-state index contributed by atoms with van der Waals surface area (Å²) in [4.78, 5) is 34.9. The summed E-state index contributed by atoms with van der Waals surface area (Å²) >= 11 is 0. The second-order valence-corrected chi connectivity index (χ2v) is 4.55. The molecule has 0 spiro atoms. The molecular weight excluding hydrogens is 278 g/mol. The van der Waals surface area contributed by atoms with E-state index in [1.807, 2.05) is 0 Å². The highest BCUT2D eigenvalue weighted by molar-refractivity contribution is 5.98. The van der Waals surface area contributed by atoms with Crippen LogP contribution in [0.4, 0.5) is 5.69 Å². The SMILES string of the molecule is CC(=O)Oc1ccc2c(c1)N(CCCC(=O)O)C(=O)CO2. The average molecular weight is 293 g/mol. The van der Waals surface area contributed by atoms with Gasteiger partial charge in [0.25, 0.3) is 5.91 Å². The van der Waals surface area contributed by atoms with Crippen molar-refractivity contribution in [1.29, 1.82) is 0 Å². The zero-order valence-corrected chi connectivity index (χ0v) is 11.5. The lowest BCUT2D eigenvalue weighted by atomic mass is 10.2. The Morgan fingerprint density at radius 1 is 1.43 bits per heavy atom. The summed E-state index contributed by atoms with van der Waals surface area (Å²) in [7, 11) is 0. The minimum absolute atomic E-state index is 0.0242. The van der Waals surface area contributed by atoms with E-state index in [0.717, 1.165) is 0 Å². The summed E-state index contributed by atoms with van der Waals surface area (Å²) in [6.45, 7) is 1.46. The van der Waals surface area contributed by atoms with Crippen LogP contribution in [-0.2, 0) is 14.4 Å². The van der Waals surface area contributed by atoms with Gasteiger partial charge < -0.3 is 19.5 Å². The summed E-state index contributed by atoms with van der Waals surface area (Å²) in [6, 6.07) is 4.73. The lowest BCUT2D eigenvalue weighted by molar-refractivity contribution is -0.137. The molecule has 1 aliphatic heterocycles. The van der Waals surface area contributed by atoms with Gasteiger partial charge in [0.1, 0.15) is 11.5 Å². The van der Waals surface area contributed by atoms with Gasteiger partial charge in [0.2, 0.25) is 0 Å². The fourth-order valence-corrected chi connectivity index (χ4v) is 2.04. The fraction of sp³-hybridized carbons (Fsp3) is 0.357. The summed E-state index contributed by atoms with van der Waals surface area (Å²) < 4.78 is 10.3. The van der Waals surface area contributed by atoms with E-state index in [2.05, 4.69) is 0 Å². The number of carboxylic acid groups (broad SMARTS) is 1. The number of carboxylic acids is 1. The molecule has 0 saturated heterocycles. The van der Waals surface area contributed by atoms with Crippen LogP contribution in [0.2, 0.25) is 0 Å². The molecule has 21 heavy (non-hydrogen) atoms. The van der Waals surface area contributed by atoms with E-state index < -0.39 is 11.9 Å². The van der Waals surface area contributed by atoms with Crippen LogP contribution >= 0.6 is 0 Å². The van der Waals surface area contributed by atoms with E-state index in [-0.39, 0.29) is 25.5 Å². The number of ether oxygens (including phenoxy) is 2. The maximum absolute atomic E-state index is 11.9. The van der Waals surface area contributed by atoms with Gasteiger partial charge in [-0.3, -0.25) is 14.4 Å². The molecule has 0 saturated carbocycles. The lowest BCUT2D eigenvalue weighted by Crippen LogP contribution is -2.39. The van der Waals surface area contributed by atoms with E-state index in [9.17, 15) is 14.4 Å². The van der Waals surface area contributed by atoms with Crippen LogP contribution in [0.3, 0.4) is 0 Å². The van der Waals surface area contributed by atoms with Crippen molar-refractivity contribution in [2.24, 2.45) is 0 Å². The van der Waals surface area contributed by atoms with Gasteiger partial charge in [-0.05, 0) is 18.6 Å². The molecule has 0 aromatic heterocycles. The number of amides is 1. The molecule has 1 heterocycles. The van der Waals surface area contributed by atoms with Crippen LogP contribution < -0.4 is 14.4 Å². The normalized spacial score (nSPS) is 13.4. The molecule has 112 valence electrons. The topological polar surface area (TPSA) is 93.1 Å². The van der Waals surface area contributed by atoms with Crippen molar-refractivity contribution < 1.29 is 29.0 Å². The highest BCUT2D eigenvalue weighted by Gasteiger charge is 2.26. The Kier molecular flexibility index (Phi) is 4.42. The molecular formula is C14H15NO6. The number of carbonyl (C=O) groups is 3. The number of fused-ring (bicyclic) bond motifs is 1. The smallest absolute Gasteiger partial charge is 0.308 e. The zero-order valence-electron chi connectivity index (χ0n) is 11.5. The van der Waals surface area contributed by atoms with Crippen molar-refractivity contribution in [3.8, 4) is 11.5 Å². The average Bonchev–Trinajstić information content (AvgIpc) is 2.40. The number of anilines is 1. The highest BCUT2D eigenvalue weighted by Crippen LogP contribution is 2.35. The summed E-state index contributed by atoms with van der Waals surface area (Å²) in [5, 5.41) is 8.66. The molecule has 1 amide bonds. The van der Waals surface area contributed by atoms with Gasteiger partial charge in [0.05, 0.1) is 5.69 Å². The Bertz CT molecular complexity index is 583. The maximum atomic E-state index is 11.9. The van der Waals surface area contributed by atoms with Crippen LogP contribution in [0.1, 0.15) is 19.8 Å². The second-order valence-electron chi connectivity index (χ2n) is 4.55. The molecule has 0 unspecified atom stereocenters. The Morgan fingerprint density at radius 3 is 2.86 bits per heavy atom. The van der Waals surface area contributed by atoms with E-state index in [4.69, 9.17) is 14.6 Å². The van der Waals surface area contributed by atoms with Crippen molar-refractivity contribution in [2.75, 3.05) is 18.1 Å². The molecule has 0 aliphatic carbocycles. The number of nitrogens with zero attached hydrogens (tertiary/aromatic N) is 1. The van der Waals surface area contributed by atoms with Gasteiger partial charge in [-0.25, -0.2) is 0 Å². The van der Waals surface area contributed by atoms with Crippen LogP contribution in [-0.4, -0.2) is 36.1 Å². The monoisotopic (exact) mass is 293 g/mol. The first-order valence-corrected chi connectivity index (χ1v) is 6.45. The molecule has 1 aromatic carbocycles. The van der Waals surface area contributed by atoms with Gasteiger partial charge in [-0.15, -0.1) is 0 Å². The van der Waals surface area contributed by atoms with E-state index in [0.29, 0.717) is 23.6 Å². The maximum Gasteiger partial charge on any atom is 0.308 e. The molecule has 0 fully saturated rings. The van der Waals surface area contributed by atoms with Crippen molar-refractivity contribution in [3.63, 3.8) is 0 Å². The molecule has 7 heteroatoms. The predicted octanol–water partition coefficient (Wildman–Crippen LogP) is 1.20. The Labute approximate surface area is 121 Å². The minimum Gasteiger partial charge on any atom is -0.482 e. The van der Waals surface area contributed by atoms with E-state index in [1.165, 1.54) is 17.9 Å². The Hall–Kier alpha value is -2.57. The quantitative estimate of drug-likeness (QED) is 0.647. The molecule has 7 nitrogen and oxygen atoms in total. The third-order valence-corrected chi connectivity index (χ3v) is 2.91.